The Balaban J connectivity index is 1.77. The molecule has 0 bridgehead atoms. The van der Waals surface area contributed by atoms with E-state index in [1.54, 1.807) is 17.8 Å². The zero-order valence-corrected chi connectivity index (χ0v) is 23.2. The van der Waals surface area contributed by atoms with Gasteiger partial charge in [-0.15, -0.1) is 11.8 Å². The molecule has 0 aromatic heterocycles. The zero-order chi connectivity index (χ0) is 25.3. The first-order valence-corrected chi connectivity index (χ1v) is 13.7. The molecule has 0 saturated carbocycles. The SMILES string of the molecule is CCN1N=C(c2ccc3c(c2)CCCN3C(=NC(C)C)c2ccc(Cl)cc2Cl)C(C)(C)SC1C=O. The van der Waals surface area contributed by atoms with Gasteiger partial charge in [0, 0.05) is 35.4 Å². The van der Waals surface area contributed by atoms with Crippen molar-refractivity contribution in [2.45, 2.75) is 63.6 Å². The molecule has 35 heavy (non-hydrogen) atoms. The van der Waals surface area contributed by atoms with Crippen molar-refractivity contribution in [2.75, 3.05) is 18.0 Å². The molecular weight excluding hydrogens is 499 g/mol. The van der Waals surface area contributed by atoms with E-state index in [2.05, 4.69) is 50.8 Å². The number of rotatable bonds is 5. The molecule has 4 rings (SSSR count). The molecular formula is C27H32Cl2N4OS. The number of likely N-dealkylation sites (N-methyl/N-ethyl adjacent to an activating group) is 1. The van der Waals surface area contributed by atoms with E-state index in [-0.39, 0.29) is 16.2 Å². The number of carbonyl (C=O) groups excluding carboxylic acids is 1. The molecule has 0 radical (unpaired) electrons. The highest BCUT2D eigenvalue weighted by Gasteiger charge is 2.38. The molecule has 2 aliphatic heterocycles. The Morgan fingerprint density at radius 1 is 1.26 bits per heavy atom. The minimum absolute atomic E-state index is 0.113. The van der Waals surface area contributed by atoms with Gasteiger partial charge in [-0.3, -0.25) is 10.0 Å². The largest absolute Gasteiger partial charge is 0.326 e. The number of fused-ring (bicyclic) bond motifs is 1. The quantitative estimate of drug-likeness (QED) is 0.245. The molecule has 2 aromatic rings. The number of aldehydes is 1. The third kappa shape index (κ3) is 5.40. The molecule has 2 aliphatic rings. The van der Waals surface area contributed by atoms with E-state index in [9.17, 15) is 4.79 Å². The van der Waals surface area contributed by atoms with E-state index in [4.69, 9.17) is 33.3 Å². The van der Waals surface area contributed by atoms with Crippen LogP contribution in [0.5, 0.6) is 0 Å². The van der Waals surface area contributed by atoms with Crippen molar-refractivity contribution in [1.82, 2.24) is 5.01 Å². The second-order valence-corrected chi connectivity index (χ2v) is 12.2. The summed E-state index contributed by atoms with van der Waals surface area (Å²) in [6.07, 6.45) is 2.98. The van der Waals surface area contributed by atoms with Crippen LogP contribution in [0.4, 0.5) is 5.69 Å². The van der Waals surface area contributed by atoms with Crippen LogP contribution in [0.25, 0.3) is 0 Å². The van der Waals surface area contributed by atoms with Gasteiger partial charge in [-0.1, -0.05) is 29.3 Å². The standard InChI is InChI=1S/C27H32Cl2N4OS/c1-6-33-24(16-34)35-27(4,5)25(31-33)19-9-12-23-18(14-19)8-7-13-32(23)26(30-17(2)3)21-11-10-20(28)15-22(21)29/h9-12,14-17,24H,6-8,13H2,1-5H3. The highest BCUT2D eigenvalue weighted by atomic mass is 35.5. The number of anilines is 1. The van der Waals surface area contributed by atoms with E-state index in [0.717, 1.165) is 54.0 Å². The molecule has 0 saturated heterocycles. The molecule has 2 heterocycles. The fourth-order valence-electron chi connectivity index (χ4n) is 4.64. The summed E-state index contributed by atoms with van der Waals surface area (Å²) in [5.74, 6) is 0.868. The maximum Gasteiger partial charge on any atom is 0.154 e. The number of hydrogen-bond donors (Lipinski definition) is 0. The second kappa shape index (κ2) is 10.5. The Bertz CT molecular complexity index is 1180. The molecule has 1 atom stereocenters. The summed E-state index contributed by atoms with van der Waals surface area (Å²) >= 11 is 14.4. The summed E-state index contributed by atoms with van der Waals surface area (Å²) in [5.41, 5.74) is 5.39. The molecule has 5 nitrogen and oxygen atoms in total. The number of halogens is 2. The van der Waals surface area contributed by atoms with E-state index in [0.29, 0.717) is 16.6 Å². The number of nitrogens with zero attached hydrogens (tertiary/aromatic N) is 4. The van der Waals surface area contributed by atoms with Crippen molar-refractivity contribution in [3.63, 3.8) is 0 Å². The van der Waals surface area contributed by atoms with Crippen LogP contribution < -0.4 is 4.90 Å². The first-order chi connectivity index (χ1) is 16.6. The van der Waals surface area contributed by atoms with Crippen LogP contribution in [-0.4, -0.2) is 52.1 Å². The van der Waals surface area contributed by atoms with Crippen molar-refractivity contribution in [3.05, 3.63) is 63.1 Å². The van der Waals surface area contributed by atoms with E-state index >= 15 is 0 Å². The molecule has 0 aliphatic carbocycles. The summed E-state index contributed by atoms with van der Waals surface area (Å²) in [6, 6.07) is 12.3. The minimum atomic E-state index is -0.277. The Morgan fingerprint density at radius 2 is 2.03 bits per heavy atom. The molecule has 1 unspecified atom stereocenters. The van der Waals surface area contributed by atoms with Crippen molar-refractivity contribution in [1.29, 1.82) is 0 Å². The summed E-state index contributed by atoms with van der Waals surface area (Å²) < 4.78 is -0.277. The Kier molecular flexibility index (Phi) is 7.84. The lowest BCUT2D eigenvalue weighted by atomic mass is 9.93. The lowest BCUT2D eigenvalue weighted by Gasteiger charge is -2.39. The number of hydrazone groups is 1. The van der Waals surface area contributed by atoms with Gasteiger partial charge in [-0.05, 0) is 88.9 Å². The normalized spacial score (nSPS) is 20.1. The van der Waals surface area contributed by atoms with Gasteiger partial charge in [-0.2, -0.15) is 5.10 Å². The predicted molar refractivity (Wildman–Crippen MR) is 151 cm³/mol. The number of aliphatic imine (C=N–C) groups is 1. The van der Waals surface area contributed by atoms with Crippen LogP contribution >= 0.6 is 35.0 Å². The van der Waals surface area contributed by atoms with E-state index in [1.165, 1.54) is 5.56 Å². The highest BCUT2D eigenvalue weighted by molar-refractivity contribution is 8.02. The number of carbonyl (C=O) groups is 1. The van der Waals surface area contributed by atoms with Crippen molar-refractivity contribution < 1.29 is 4.79 Å². The zero-order valence-electron chi connectivity index (χ0n) is 20.9. The maximum atomic E-state index is 11.6. The number of amidine groups is 1. The average molecular weight is 532 g/mol. The van der Waals surface area contributed by atoms with E-state index < -0.39 is 0 Å². The van der Waals surface area contributed by atoms with Crippen molar-refractivity contribution >= 4 is 58.5 Å². The van der Waals surface area contributed by atoms with E-state index in [1.807, 2.05) is 24.1 Å². The molecule has 0 spiro atoms. The molecule has 0 amide bonds. The average Bonchev–Trinajstić information content (AvgIpc) is 2.81. The summed E-state index contributed by atoms with van der Waals surface area (Å²) in [4.78, 5) is 18.9. The topological polar surface area (TPSA) is 48.3 Å². The summed E-state index contributed by atoms with van der Waals surface area (Å²) in [5, 5.41) is 7.74. The minimum Gasteiger partial charge on any atom is -0.326 e. The van der Waals surface area contributed by atoms with Gasteiger partial charge in [-0.25, -0.2) is 0 Å². The fourth-order valence-corrected chi connectivity index (χ4v) is 6.38. The maximum absolute atomic E-state index is 11.6. The van der Waals surface area contributed by atoms with Gasteiger partial charge >= 0.3 is 0 Å². The Labute approximate surface area is 222 Å². The third-order valence-electron chi connectivity index (χ3n) is 6.23. The van der Waals surface area contributed by atoms with Gasteiger partial charge in [0.15, 0.2) is 6.29 Å². The summed E-state index contributed by atoms with van der Waals surface area (Å²) in [7, 11) is 0. The first-order valence-electron chi connectivity index (χ1n) is 12.1. The lowest BCUT2D eigenvalue weighted by molar-refractivity contribution is -0.109. The Morgan fingerprint density at radius 3 is 2.69 bits per heavy atom. The van der Waals surface area contributed by atoms with Crippen molar-refractivity contribution in [2.24, 2.45) is 10.1 Å². The van der Waals surface area contributed by atoms with Crippen LogP contribution in [0, 0.1) is 0 Å². The van der Waals surface area contributed by atoms with Crippen molar-refractivity contribution in [3.8, 4) is 0 Å². The number of hydrogen-bond acceptors (Lipinski definition) is 5. The number of benzene rings is 2. The predicted octanol–water partition coefficient (Wildman–Crippen LogP) is 6.68. The van der Waals surface area contributed by atoms with Gasteiger partial charge in [0.1, 0.15) is 11.2 Å². The summed E-state index contributed by atoms with van der Waals surface area (Å²) in [6.45, 7) is 12.0. The van der Waals surface area contributed by atoms with Crippen LogP contribution in [0.15, 0.2) is 46.5 Å². The molecule has 0 fully saturated rings. The fraction of sp³-hybridized carbons (Fsp3) is 0.444. The monoisotopic (exact) mass is 530 g/mol. The van der Waals surface area contributed by atoms with Gasteiger partial charge in [0.25, 0.3) is 0 Å². The Hall–Kier alpha value is -2.02. The second-order valence-electron chi connectivity index (χ2n) is 9.63. The first kappa shape index (κ1) is 26.1. The van der Waals surface area contributed by atoms with Crippen LogP contribution in [0.2, 0.25) is 10.0 Å². The number of aryl methyl sites for hydroxylation is 1. The molecule has 8 heteroatoms. The molecule has 2 aromatic carbocycles. The smallest absolute Gasteiger partial charge is 0.154 e. The van der Waals surface area contributed by atoms with Crippen LogP contribution in [-0.2, 0) is 11.2 Å². The third-order valence-corrected chi connectivity index (χ3v) is 8.15. The lowest BCUT2D eigenvalue weighted by Crippen LogP contribution is -2.44. The van der Waals surface area contributed by atoms with Crippen LogP contribution in [0.1, 0.15) is 57.7 Å². The van der Waals surface area contributed by atoms with Gasteiger partial charge < -0.3 is 9.69 Å². The van der Waals surface area contributed by atoms with Crippen LogP contribution in [0.3, 0.4) is 0 Å². The van der Waals surface area contributed by atoms with Gasteiger partial charge in [0.05, 0.1) is 15.5 Å². The number of thioether (sulfide) groups is 1. The van der Waals surface area contributed by atoms with Gasteiger partial charge in [0.2, 0.25) is 0 Å². The molecule has 186 valence electrons. The molecule has 0 N–H and O–H groups in total. The highest BCUT2D eigenvalue weighted by Crippen LogP contribution is 2.39.